The molecule has 0 saturated carbocycles. The van der Waals surface area contributed by atoms with E-state index in [0.717, 1.165) is 5.56 Å². The summed E-state index contributed by atoms with van der Waals surface area (Å²) in [5.41, 5.74) is 0.273. The summed E-state index contributed by atoms with van der Waals surface area (Å²) in [7, 11) is 8.02. The number of methoxy groups -OCH3 is 3. The lowest BCUT2D eigenvalue weighted by Gasteiger charge is -2.41. The molecule has 64 heavy (non-hydrogen) atoms. The lowest BCUT2D eigenvalue weighted by molar-refractivity contribution is -0.150. The summed E-state index contributed by atoms with van der Waals surface area (Å²) < 4.78 is 22.4. The third kappa shape index (κ3) is 16.7. The van der Waals surface area contributed by atoms with Gasteiger partial charge in [0.25, 0.3) is 0 Å². The van der Waals surface area contributed by atoms with Crippen molar-refractivity contribution in [1.82, 2.24) is 25.3 Å². The number of alkyl carbamates (subject to hydrolysis) is 1. The highest BCUT2D eigenvalue weighted by molar-refractivity contribution is 5.90. The molecule has 9 atom stereocenters. The smallest absolute Gasteiger partial charge is 0.407 e. The maximum absolute atomic E-state index is 14.6. The number of likely N-dealkylation sites (N-methyl/N-ethyl adjacent to an activating group) is 2. The Bertz CT molecular complexity index is 1630. The molecule has 15 nitrogen and oxygen atoms in total. The molecule has 1 heterocycles. The zero-order valence-corrected chi connectivity index (χ0v) is 41.7. The number of esters is 1. The fraction of sp³-hybridized carbons (Fsp3) is 0.755. The molecule has 4 amide bonds. The van der Waals surface area contributed by atoms with Gasteiger partial charge in [0, 0.05) is 59.7 Å². The van der Waals surface area contributed by atoms with Gasteiger partial charge < -0.3 is 39.4 Å². The molecule has 0 spiro atoms. The van der Waals surface area contributed by atoms with Gasteiger partial charge in [-0.25, -0.2) is 9.59 Å². The molecule has 1 saturated heterocycles. The van der Waals surface area contributed by atoms with Gasteiger partial charge >= 0.3 is 12.1 Å². The first-order valence-electron chi connectivity index (χ1n) is 23.3. The van der Waals surface area contributed by atoms with E-state index in [1.807, 2.05) is 105 Å². The first-order chi connectivity index (χ1) is 30.0. The minimum atomic E-state index is -0.904. The molecule has 2 N–H and O–H groups in total. The van der Waals surface area contributed by atoms with E-state index in [2.05, 4.69) is 10.6 Å². The van der Waals surface area contributed by atoms with Gasteiger partial charge in [-0.3, -0.25) is 24.1 Å². The van der Waals surface area contributed by atoms with Gasteiger partial charge in [0.1, 0.15) is 11.6 Å². The summed E-state index contributed by atoms with van der Waals surface area (Å²) in [4.78, 5) is 87.2. The van der Waals surface area contributed by atoms with E-state index < -0.39 is 65.9 Å². The Balaban J connectivity index is 2.24. The SMILES string of the molecule is CC[C@H](C)[C@@H]([C@@H](CC(=O)N1CCC[C@H]1[C@H](OC)[C@@H](C)C(=O)N[C@@H](Cc1ccccc1)C(=O)OC)OC)N(C)C(=O)[C@@H](CC(=O)[C@H](C(C)C)N(C)CCCNC(=O)OC(C)(C)C)C(C)C. The Morgan fingerprint density at radius 2 is 1.53 bits per heavy atom. The number of rotatable bonds is 26. The van der Waals surface area contributed by atoms with Crippen LogP contribution in [-0.4, -0.2) is 147 Å². The van der Waals surface area contributed by atoms with Gasteiger partial charge in [-0.1, -0.05) is 85.2 Å². The number of benzene rings is 1. The lowest BCUT2D eigenvalue weighted by atomic mass is 9.83. The first-order valence-corrected chi connectivity index (χ1v) is 23.3. The van der Waals surface area contributed by atoms with Crippen LogP contribution in [0.4, 0.5) is 4.79 Å². The molecular weight excluding hydrogens is 819 g/mol. The number of Topliss-reactive ketones (excluding diaryl/α,β-unsaturated/α-hetero) is 1. The van der Waals surface area contributed by atoms with Crippen molar-refractivity contribution >= 4 is 35.6 Å². The largest absolute Gasteiger partial charge is 0.467 e. The van der Waals surface area contributed by atoms with Crippen LogP contribution in [0.1, 0.15) is 113 Å². The Kier molecular flexibility index (Phi) is 23.4. The van der Waals surface area contributed by atoms with Crippen LogP contribution in [0.3, 0.4) is 0 Å². The number of hydrogen-bond donors (Lipinski definition) is 2. The average molecular weight is 902 g/mol. The van der Waals surface area contributed by atoms with Gasteiger partial charge in [-0.2, -0.15) is 0 Å². The van der Waals surface area contributed by atoms with E-state index in [9.17, 15) is 28.8 Å². The molecule has 0 unspecified atom stereocenters. The topological polar surface area (TPSA) is 173 Å². The van der Waals surface area contributed by atoms with E-state index in [4.69, 9.17) is 18.9 Å². The molecule has 364 valence electrons. The van der Waals surface area contributed by atoms with Crippen LogP contribution >= 0.6 is 0 Å². The van der Waals surface area contributed by atoms with Crippen LogP contribution in [0.2, 0.25) is 0 Å². The Morgan fingerprint density at radius 1 is 0.891 bits per heavy atom. The number of hydrogen-bond acceptors (Lipinski definition) is 11. The molecule has 1 aliphatic rings. The van der Waals surface area contributed by atoms with Crippen molar-refractivity contribution in [1.29, 1.82) is 0 Å². The normalized spacial score (nSPS) is 18.1. The summed E-state index contributed by atoms with van der Waals surface area (Å²) >= 11 is 0. The monoisotopic (exact) mass is 902 g/mol. The average Bonchev–Trinajstić information content (AvgIpc) is 3.72. The molecule has 2 rings (SSSR count). The van der Waals surface area contributed by atoms with Gasteiger partial charge in [0.2, 0.25) is 17.7 Å². The highest BCUT2D eigenvalue weighted by Crippen LogP contribution is 2.31. The van der Waals surface area contributed by atoms with E-state index in [1.54, 1.807) is 30.9 Å². The van der Waals surface area contributed by atoms with Crippen LogP contribution in [0.5, 0.6) is 0 Å². The van der Waals surface area contributed by atoms with Crippen molar-refractivity contribution in [2.45, 2.75) is 156 Å². The molecule has 15 heteroatoms. The summed E-state index contributed by atoms with van der Waals surface area (Å²) in [6.07, 6.45) is 1.16. The second-order valence-corrected chi connectivity index (χ2v) is 19.3. The summed E-state index contributed by atoms with van der Waals surface area (Å²) in [6, 6.07) is 7.14. The van der Waals surface area contributed by atoms with Crippen LogP contribution in [0, 0.1) is 29.6 Å². The van der Waals surface area contributed by atoms with Crippen LogP contribution in [0.25, 0.3) is 0 Å². The van der Waals surface area contributed by atoms with E-state index in [0.29, 0.717) is 45.3 Å². The van der Waals surface area contributed by atoms with Crippen molar-refractivity contribution in [3.05, 3.63) is 35.9 Å². The Labute approximate surface area is 384 Å². The third-order valence-electron chi connectivity index (χ3n) is 12.7. The molecule has 1 aliphatic heterocycles. The van der Waals surface area contributed by atoms with Gasteiger partial charge in [0.05, 0.1) is 49.8 Å². The minimum Gasteiger partial charge on any atom is -0.467 e. The predicted molar refractivity (Wildman–Crippen MR) is 248 cm³/mol. The zero-order valence-electron chi connectivity index (χ0n) is 41.7. The fourth-order valence-electron chi connectivity index (χ4n) is 9.10. The summed E-state index contributed by atoms with van der Waals surface area (Å²) in [6.45, 7) is 20.6. The predicted octanol–water partition coefficient (Wildman–Crippen LogP) is 5.91. The number of carbonyl (C=O) groups is 6. The fourth-order valence-corrected chi connectivity index (χ4v) is 9.10. The van der Waals surface area contributed by atoms with Gasteiger partial charge in [-0.15, -0.1) is 0 Å². The maximum atomic E-state index is 14.6. The first kappa shape index (κ1) is 56.1. The van der Waals surface area contributed by atoms with E-state index in [1.165, 1.54) is 14.2 Å². The van der Waals surface area contributed by atoms with Crippen LogP contribution < -0.4 is 10.6 Å². The lowest BCUT2D eigenvalue weighted by Crippen LogP contribution is -2.55. The van der Waals surface area contributed by atoms with E-state index in [-0.39, 0.29) is 60.5 Å². The minimum absolute atomic E-state index is 0.00753. The molecule has 1 aromatic carbocycles. The number of nitrogens with zero attached hydrogens (tertiary/aromatic N) is 3. The van der Waals surface area contributed by atoms with Crippen molar-refractivity contribution in [2.24, 2.45) is 29.6 Å². The standard InChI is InChI=1S/C49H83N5O10/c1-16-33(6)43(53(12)46(58)36(31(2)3)29-39(55)42(32(4)5)52(11)26-21-25-50-48(60)64-49(8,9)10)40(61-13)30-41(56)54-27-20-24-38(54)44(62-14)34(7)45(57)51-37(47(59)63-15)28-35-22-18-17-19-23-35/h17-19,22-23,31-34,36-38,40,42-44H,16,20-21,24-30H2,1-15H3,(H,50,60)(H,51,57)/t33-,34+,36-,37-,38-,40+,42-,43-,44+/m0/s1. The number of amides is 4. The van der Waals surface area contributed by atoms with E-state index >= 15 is 0 Å². The third-order valence-corrected chi connectivity index (χ3v) is 12.7. The Morgan fingerprint density at radius 3 is 2.06 bits per heavy atom. The quantitative estimate of drug-likeness (QED) is 0.0837. The molecule has 0 aliphatic carbocycles. The highest BCUT2D eigenvalue weighted by atomic mass is 16.6. The second-order valence-electron chi connectivity index (χ2n) is 19.3. The molecule has 1 fully saturated rings. The molecular formula is C49H83N5O10. The van der Waals surface area contributed by atoms with Crippen molar-refractivity contribution in [3.8, 4) is 0 Å². The number of likely N-dealkylation sites (tertiary alicyclic amines) is 1. The summed E-state index contributed by atoms with van der Waals surface area (Å²) in [5, 5.41) is 5.64. The van der Waals surface area contributed by atoms with Crippen molar-refractivity contribution < 1.29 is 47.7 Å². The van der Waals surface area contributed by atoms with Crippen LogP contribution in [-0.2, 0) is 49.3 Å². The highest BCUT2D eigenvalue weighted by Gasteiger charge is 2.43. The number of nitrogens with one attached hydrogen (secondary N) is 2. The van der Waals surface area contributed by atoms with Crippen molar-refractivity contribution in [2.75, 3.05) is 55.1 Å². The summed E-state index contributed by atoms with van der Waals surface area (Å²) in [5.74, 6) is -2.86. The zero-order chi connectivity index (χ0) is 48.5. The number of ketones is 1. The Hall–Kier alpha value is -4.08. The second kappa shape index (κ2) is 26.8. The van der Waals surface area contributed by atoms with Crippen molar-refractivity contribution in [3.63, 3.8) is 0 Å². The molecule has 1 aromatic rings. The maximum Gasteiger partial charge on any atom is 0.407 e. The van der Waals surface area contributed by atoms with Crippen LogP contribution in [0.15, 0.2) is 30.3 Å². The number of ether oxygens (including phenoxy) is 4. The van der Waals surface area contributed by atoms with Gasteiger partial charge in [-0.05, 0) is 70.4 Å². The van der Waals surface area contributed by atoms with Gasteiger partial charge in [0.15, 0.2) is 5.78 Å². The molecule has 0 aromatic heterocycles. The molecule has 0 bridgehead atoms. The number of carbonyl (C=O) groups excluding carboxylic acids is 6. The molecule has 0 radical (unpaired) electrons.